The maximum absolute atomic E-state index is 12.8. The van der Waals surface area contributed by atoms with Gasteiger partial charge in [0, 0.05) is 20.5 Å². The van der Waals surface area contributed by atoms with Crippen molar-refractivity contribution in [3.8, 4) is 11.3 Å². The van der Waals surface area contributed by atoms with Gasteiger partial charge in [0.2, 0.25) is 5.91 Å². The zero-order chi connectivity index (χ0) is 18.7. The van der Waals surface area contributed by atoms with Gasteiger partial charge in [0.05, 0.1) is 25.0 Å². The van der Waals surface area contributed by atoms with Crippen molar-refractivity contribution in [3.05, 3.63) is 42.4 Å². The van der Waals surface area contributed by atoms with Gasteiger partial charge in [-0.05, 0) is 18.4 Å². The standard InChI is InChI=1S/C19H24N4O3/c1-14(24)23-10-6-9-19(26,13-23)18(25)22(2)12-17-20-11-16(21-17)15-7-4-3-5-8-15/h3-5,7-8,11,26H,6,9-10,12-13H2,1-2H3,(H,20,21). The van der Waals surface area contributed by atoms with E-state index in [0.717, 1.165) is 11.3 Å². The van der Waals surface area contributed by atoms with Crippen LogP contribution in [0.5, 0.6) is 0 Å². The summed E-state index contributed by atoms with van der Waals surface area (Å²) in [5.41, 5.74) is 0.358. The number of aliphatic hydroxyl groups is 1. The van der Waals surface area contributed by atoms with Crippen molar-refractivity contribution >= 4 is 11.8 Å². The van der Waals surface area contributed by atoms with Gasteiger partial charge in [0.15, 0.2) is 5.60 Å². The average Bonchev–Trinajstić information content (AvgIpc) is 3.10. The molecule has 1 atom stereocenters. The van der Waals surface area contributed by atoms with E-state index < -0.39 is 5.60 Å². The number of nitrogens with one attached hydrogen (secondary N) is 1. The zero-order valence-corrected chi connectivity index (χ0v) is 15.1. The Kier molecular flexibility index (Phi) is 5.08. The first-order valence-corrected chi connectivity index (χ1v) is 8.72. The summed E-state index contributed by atoms with van der Waals surface area (Å²) in [6, 6.07) is 9.80. The van der Waals surface area contributed by atoms with E-state index in [-0.39, 0.29) is 24.9 Å². The minimum Gasteiger partial charge on any atom is -0.378 e. The Morgan fingerprint density at radius 1 is 1.35 bits per heavy atom. The molecule has 2 aromatic rings. The Hall–Kier alpha value is -2.67. The van der Waals surface area contributed by atoms with E-state index in [1.165, 1.54) is 16.7 Å². The predicted molar refractivity (Wildman–Crippen MR) is 96.9 cm³/mol. The molecule has 3 rings (SSSR count). The molecule has 1 unspecified atom stereocenters. The van der Waals surface area contributed by atoms with E-state index in [4.69, 9.17) is 0 Å². The third-order valence-electron chi connectivity index (χ3n) is 4.76. The molecule has 7 nitrogen and oxygen atoms in total. The van der Waals surface area contributed by atoms with Crippen LogP contribution in [-0.4, -0.2) is 62.4 Å². The Labute approximate surface area is 152 Å². The first-order chi connectivity index (χ1) is 12.4. The number of hydrogen-bond acceptors (Lipinski definition) is 4. The second-order valence-corrected chi connectivity index (χ2v) is 6.85. The predicted octanol–water partition coefficient (Wildman–Crippen LogP) is 1.41. The average molecular weight is 356 g/mol. The highest BCUT2D eigenvalue weighted by molar-refractivity contribution is 5.86. The molecular weight excluding hydrogens is 332 g/mol. The third-order valence-corrected chi connectivity index (χ3v) is 4.76. The third kappa shape index (κ3) is 3.77. The molecule has 1 aromatic heterocycles. The zero-order valence-electron chi connectivity index (χ0n) is 15.1. The lowest BCUT2D eigenvalue weighted by Gasteiger charge is -2.39. The summed E-state index contributed by atoms with van der Waals surface area (Å²) in [6.45, 7) is 2.33. The van der Waals surface area contributed by atoms with Crippen LogP contribution in [0.3, 0.4) is 0 Å². The van der Waals surface area contributed by atoms with Crippen LogP contribution in [0, 0.1) is 0 Å². The van der Waals surface area contributed by atoms with Crippen molar-refractivity contribution < 1.29 is 14.7 Å². The van der Waals surface area contributed by atoms with Crippen molar-refractivity contribution in [1.82, 2.24) is 19.8 Å². The summed E-state index contributed by atoms with van der Waals surface area (Å²) in [5, 5.41) is 10.8. The van der Waals surface area contributed by atoms with Gasteiger partial charge in [0.25, 0.3) is 5.91 Å². The van der Waals surface area contributed by atoms with Crippen LogP contribution in [0.2, 0.25) is 0 Å². The molecule has 7 heteroatoms. The fourth-order valence-corrected chi connectivity index (χ4v) is 3.34. The highest BCUT2D eigenvalue weighted by atomic mass is 16.3. The number of benzene rings is 1. The van der Waals surface area contributed by atoms with Gasteiger partial charge in [-0.1, -0.05) is 30.3 Å². The number of amides is 2. The van der Waals surface area contributed by atoms with Crippen molar-refractivity contribution in [2.75, 3.05) is 20.1 Å². The number of likely N-dealkylation sites (tertiary alicyclic amines) is 1. The van der Waals surface area contributed by atoms with Gasteiger partial charge in [-0.25, -0.2) is 4.98 Å². The number of H-pyrrole nitrogens is 1. The number of nitrogens with zero attached hydrogens (tertiary/aromatic N) is 3. The van der Waals surface area contributed by atoms with Crippen molar-refractivity contribution in [2.45, 2.75) is 31.9 Å². The molecule has 0 radical (unpaired) electrons. The minimum atomic E-state index is -1.53. The second kappa shape index (κ2) is 7.29. The van der Waals surface area contributed by atoms with E-state index in [0.29, 0.717) is 25.2 Å². The molecular formula is C19H24N4O3. The van der Waals surface area contributed by atoms with Gasteiger partial charge in [0.1, 0.15) is 5.82 Å². The van der Waals surface area contributed by atoms with Crippen LogP contribution in [0.15, 0.2) is 36.5 Å². The summed E-state index contributed by atoms with van der Waals surface area (Å²) in [4.78, 5) is 34.9. The van der Waals surface area contributed by atoms with Gasteiger partial charge in [-0.2, -0.15) is 0 Å². The Morgan fingerprint density at radius 2 is 2.08 bits per heavy atom. The second-order valence-electron chi connectivity index (χ2n) is 6.85. The van der Waals surface area contributed by atoms with Gasteiger partial charge in [-0.15, -0.1) is 0 Å². The van der Waals surface area contributed by atoms with E-state index in [1.807, 2.05) is 30.3 Å². The summed E-state index contributed by atoms with van der Waals surface area (Å²) in [5.74, 6) is 0.126. The molecule has 1 aromatic carbocycles. The number of imidazole rings is 1. The molecule has 1 aliphatic heterocycles. The molecule has 1 saturated heterocycles. The Bertz CT molecular complexity index is 789. The van der Waals surface area contributed by atoms with Crippen LogP contribution in [0.4, 0.5) is 0 Å². The number of hydrogen-bond donors (Lipinski definition) is 2. The van der Waals surface area contributed by atoms with Crippen molar-refractivity contribution in [1.29, 1.82) is 0 Å². The Morgan fingerprint density at radius 3 is 2.77 bits per heavy atom. The van der Waals surface area contributed by atoms with E-state index in [9.17, 15) is 14.7 Å². The molecule has 138 valence electrons. The normalized spacial score (nSPS) is 20.0. The maximum atomic E-state index is 12.8. The Balaban J connectivity index is 1.68. The summed E-state index contributed by atoms with van der Waals surface area (Å²) in [6.07, 6.45) is 2.69. The van der Waals surface area contributed by atoms with Crippen LogP contribution in [0.25, 0.3) is 11.3 Å². The van der Waals surface area contributed by atoms with Crippen LogP contribution in [-0.2, 0) is 16.1 Å². The molecule has 1 aliphatic rings. The summed E-state index contributed by atoms with van der Waals surface area (Å²) in [7, 11) is 1.64. The van der Waals surface area contributed by atoms with Crippen LogP contribution < -0.4 is 0 Å². The smallest absolute Gasteiger partial charge is 0.256 e. The maximum Gasteiger partial charge on any atom is 0.256 e. The first kappa shape index (κ1) is 18.1. The molecule has 2 N–H and O–H groups in total. The lowest BCUT2D eigenvalue weighted by atomic mass is 9.91. The largest absolute Gasteiger partial charge is 0.378 e. The molecule has 2 heterocycles. The topological polar surface area (TPSA) is 89.5 Å². The molecule has 2 amide bonds. The molecule has 26 heavy (non-hydrogen) atoms. The summed E-state index contributed by atoms with van der Waals surface area (Å²) < 4.78 is 0. The van der Waals surface area contributed by atoms with E-state index in [1.54, 1.807) is 13.2 Å². The summed E-state index contributed by atoms with van der Waals surface area (Å²) >= 11 is 0. The monoisotopic (exact) mass is 356 g/mol. The number of aromatic nitrogens is 2. The van der Waals surface area contributed by atoms with Crippen molar-refractivity contribution in [2.24, 2.45) is 0 Å². The van der Waals surface area contributed by atoms with E-state index in [2.05, 4.69) is 9.97 Å². The number of β-amino-alcohol motifs (C(OH)–C–C–N with tert-alkyl or cyclic N) is 1. The van der Waals surface area contributed by atoms with Crippen molar-refractivity contribution in [3.63, 3.8) is 0 Å². The lowest BCUT2D eigenvalue weighted by molar-refractivity contribution is -0.159. The fourth-order valence-electron chi connectivity index (χ4n) is 3.34. The van der Waals surface area contributed by atoms with Crippen LogP contribution >= 0.6 is 0 Å². The highest BCUT2D eigenvalue weighted by Gasteiger charge is 2.42. The highest BCUT2D eigenvalue weighted by Crippen LogP contribution is 2.24. The number of rotatable bonds is 4. The number of likely N-dealkylation sites (N-methyl/N-ethyl adjacent to an activating group) is 1. The van der Waals surface area contributed by atoms with Gasteiger partial charge < -0.3 is 19.9 Å². The quantitative estimate of drug-likeness (QED) is 0.867. The molecule has 1 fully saturated rings. The first-order valence-electron chi connectivity index (χ1n) is 8.72. The molecule has 0 spiro atoms. The van der Waals surface area contributed by atoms with Crippen LogP contribution in [0.1, 0.15) is 25.6 Å². The van der Waals surface area contributed by atoms with Gasteiger partial charge >= 0.3 is 0 Å². The lowest BCUT2D eigenvalue weighted by Crippen LogP contribution is -2.58. The number of carbonyl (C=O) groups is 2. The number of aromatic amines is 1. The fraction of sp³-hybridized carbons (Fsp3) is 0.421. The minimum absolute atomic E-state index is 0.0406. The number of carbonyl (C=O) groups excluding carboxylic acids is 2. The molecule has 0 aliphatic carbocycles. The molecule has 0 bridgehead atoms. The SMILES string of the molecule is CC(=O)N1CCCC(O)(C(=O)N(C)Cc2ncc(-c3ccccc3)[nH]2)C1. The molecule has 0 saturated carbocycles. The number of piperidine rings is 1. The van der Waals surface area contributed by atoms with E-state index >= 15 is 0 Å². The van der Waals surface area contributed by atoms with Gasteiger partial charge in [-0.3, -0.25) is 9.59 Å².